The van der Waals surface area contributed by atoms with Gasteiger partial charge in [0, 0.05) is 6.04 Å². The number of likely N-dealkylation sites (tertiary alicyclic amines) is 1. The van der Waals surface area contributed by atoms with Gasteiger partial charge in [-0.2, -0.15) is 0 Å². The summed E-state index contributed by atoms with van der Waals surface area (Å²) in [5, 5.41) is 0. The maximum atomic E-state index is 5.10. The highest BCUT2D eigenvalue weighted by Crippen LogP contribution is 2.27. The molecule has 2 rings (SSSR count). The van der Waals surface area contributed by atoms with Crippen LogP contribution in [0.5, 0.6) is 0 Å². The summed E-state index contributed by atoms with van der Waals surface area (Å²) < 4.78 is 0. The number of hydrogen-bond acceptors (Lipinski definition) is 3. The molecular formula is C14H28N2O. The molecule has 2 aliphatic rings. The molecule has 0 atom stereocenters. The summed E-state index contributed by atoms with van der Waals surface area (Å²) in [5.41, 5.74) is 0. The highest BCUT2D eigenvalue weighted by Gasteiger charge is 2.25. The van der Waals surface area contributed by atoms with Crippen molar-refractivity contribution in [3.8, 4) is 0 Å². The van der Waals surface area contributed by atoms with Crippen molar-refractivity contribution in [1.82, 2.24) is 4.90 Å². The average molecular weight is 240 g/mol. The van der Waals surface area contributed by atoms with E-state index in [4.69, 9.17) is 10.7 Å². The predicted molar refractivity (Wildman–Crippen MR) is 70.5 cm³/mol. The topological polar surface area (TPSA) is 38.5 Å². The van der Waals surface area contributed by atoms with Gasteiger partial charge in [0.15, 0.2) is 0 Å². The van der Waals surface area contributed by atoms with Crippen molar-refractivity contribution < 1.29 is 4.84 Å². The van der Waals surface area contributed by atoms with E-state index >= 15 is 0 Å². The van der Waals surface area contributed by atoms with Gasteiger partial charge < -0.3 is 9.74 Å². The van der Waals surface area contributed by atoms with Crippen LogP contribution < -0.4 is 5.90 Å². The molecule has 1 heterocycles. The van der Waals surface area contributed by atoms with Gasteiger partial charge in [0.1, 0.15) is 0 Å². The number of nitrogens with two attached hydrogens (primary N) is 1. The molecule has 0 radical (unpaired) electrons. The van der Waals surface area contributed by atoms with Gasteiger partial charge >= 0.3 is 0 Å². The Labute approximate surface area is 106 Å². The molecule has 1 saturated heterocycles. The number of nitrogens with zero attached hydrogens (tertiary/aromatic N) is 1. The molecule has 0 aromatic carbocycles. The lowest BCUT2D eigenvalue weighted by atomic mass is 9.92. The number of piperidine rings is 1. The lowest BCUT2D eigenvalue weighted by Crippen LogP contribution is -2.41. The average Bonchev–Trinajstić information content (AvgIpc) is 2.66. The zero-order valence-electron chi connectivity index (χ0n) is 11.1. The Kier molecular flexibility index (Phi) is 5.75. The maximum Gasteiger partial charge on any atom is 0.0681 e. The van der Waals surface area contributed by atoms with Gasteiger partial charge in [-0.3, -0.25) is 0 Å². The van der Waals surface area contributed by atoms with Gasteiger partial charge in [-0.15, -0.1) is 0 Å². The summed E-state index contributed by atoms with van der Waals surface area (Å²) in [7, 11) is 0. The van der Waals surface area contributed by atoms with E-state index in [1.54, 1.807) is 0 Å². The van der Waals surface area contributed by atoms with Crippen molar-refractivity contribution in [2.75, 3.05) is 19.7 Å². The van der Waals surface area contributed by atoms with Crippen LogP contribution in [0.25, 0.3) is 0 Å². The lowest BCUT2D eigenvalue weighted by Gasteiger charge is -2.37. The summed E-state index contributed by atoms with van der Waals surface area (Å²) >= 11 is 0. The first kappa shape index (κ1) is 13.3. The molecule has 17 heavy (non-hydrogen) atoms. The van der Waals surface area contributed by atoms with Crippen molar-refractivity contribution in [3.63, 3.8) is 0 Å². The fourth-order valence-corrected chi connectivity index (χ4v) is 3.46. The molecule has 0 amide bonds. The summed E-state index contributed by atoms with van der Waals surface area (Å²) in [6.45, 7) is 3.34. The van der Waals surface area contributed by atoms with Crippen LogP contribution in [0.1, 0.15) is 57.8 Å². The summed E-state index contributed by atoms with van der Waals surface area (Å²) in [6, 6.07) is 0.893. The molecule has 0 spiro atoms. The van der Waals surface area contributed by atoms with E-state index in [1.807, 2.05) is 0 Å². The zero-order chi connectivity index (χ0) is 11.9. The van der Waals surface area contributed by atoms with Crippen molar-refractivity contribution in [1.29, 1.82) is 0 Å². The SMILES string of the molecule is NOCCC1CCN(C2CCCCCC2)CC1. The highest BCUT2D eigenvalue weighted by molar-refractivity contribution is 4.80. The third-order valence-electron chi connectivity index (χ3n) is 4.63. The van der Waals surface area contributed by atoms with E-state index < -0.39 is 0 Å². The summed E-state index contributed by atoms with van der Waals surface area (Å²) in [4.78, 5) is 7.45. The predicted octanol–water partition coefficient (Wildman–Crippen LogP) is 2.70. The van der Waals surface area contributed by atoms with Gasteiger partial charge in [0.25, 0.3) is 0 Å². The minimum absolute atomic E-state index is 0.730. The van der Waals surface area contributed by atoms with Crippen molar-refractivity contribution in [3.05, 3.63) is 0 Å². The van der Waals surface area contributed by atoms with Gasteiger partial charge in [-0.25, -0.2) is 5.90 Å². The molecule has 0 bridgehead atoms. The normalized spacial score (nSPS) is 25.9. The quantitative estimate of drug-likeness (QED) is 0.606. The lowest BCUT2D eigenvalue weighted by molar-refractivity contribution is 0.0855. The van der Waals surface area contributed by atoms with Gasteiger partial charge in [-0.05, 0) is 51.1 Å². The Morgan fingerprint density at radius 2 is 1.59 bits per heavy atom. The highest BCUT2D eigenvalue weighted by atomic mass is 16.6. The molecule has 2 N–H and O–H groups in total. The second-order valence-electron chi connectivity index (χ2n) is 5.78. The van der Waals surface area contributed by atoms with Crippen molar-refractivity contribution in [2.24, 2.45) is 11.8 Å². The fourth-order valence-electron chi connectivity index (χ4n) is 3.46. The molecule has 0 unspecified atom stereocenters. The van der Waals surface area contributed by atoms with E-state index in [1.165, 1.54) is 64.5 Å². The molecule has 100 valence electrons. The standard InChI is InChI=1S/C14H28N2O/c15-17-12-9-13-7-10-16(11-8-13)14-5-3-1-2-4-6-14/h13-14H,1-12,15H2. The van der Waals surface area contributed by atoms with E-state index in [-0.39, 0.29) is 0 Å². The first-order valence-corrected chi connectivity index (χ1v) is 7.46. The number of rotatable bonds is 4. The van der Waals surface area contributed by atoms with Crippen LogP contribution in [-0.2, 0) is 4.84 Å². The van der Waals surface area contributed by atoms with Crippen LogP contribution >= 0.6 is 0 Å². The third kappa shape index (κ3) is 4.23. The summed E-state index contributed by atoms with van der Waals surface area (Å²) in [6.07, 6.45) is 12.5. The number of hydrogen-bond donors (Lipinski definition) is 1. The molecule has 1 saturated carbocycles. The fraction of sp³-hybridized carbons (Fsp3) is 1.00. The molecule has 3 heteroatoms. The molecule has 0 aromatic rings. The molecule has 0 aromatic heterocycles. The smallest absolute Gasteiger partial charge is 0.0681 e. The Morgan fingerprint density at radius 1 is 0.941 bits per heavy atom. The van der Waals surface area contributed by atoms with E-state index in [0.29, 0.717) is 0 Å². The van der Waals surface area contributed by atoms with Crippen molar-refractivity contribution in [2.45, 2.75) is 63.8 Å². The van der Waals surface area contributed by atoms with Crippen molar-refractivity contribution >= 4 is 0 Å². The second kappa shape index (κ2) is 7.34. The van der Waals surface area contributed by atoms with Crippen LogP contribution in [0, 0.1) is 5.92 Å². The van der Waals surface area contributed by atoms with Gasteiger partial charge in [0.05, 0.1) is 6.61 Å². The Balaban J connectivity index is 1.70. The Morgan fingerprint density at radius 3 is 2.18 bits per heavy atom. The summed E-state index contributed by atoms with van der Waals surface area (Å²) in [5.74, 6) is 5.94. The zero-order valence-corrected chi connectivity index (χ0v) is 11.1. The molecular weight excluding hydrogens is 212 g/mol. The third-order valence-corrected chi connectivity index (χ3v) is 4.63. The molecule has 1 aliphatic carbocycles. The Bertz CT molecular complexity index is 194. The van der Waals surface area contributed by atoms with E-state index in [9.17, 15) is 0 Å². The van der Waals surface area contributed by atoms with Crippen LogP contribution in [0.2, 0.25) is 0 Å². The van der Waals surface area contributed by atoms with Crippen LogP contribution in [0.4, 0.5) is 0 Å². The first-order valence-electron chi connectivity index (χ1n) is 7.46. The van der Waals surface area contributed by atoms with E-state index in [0.717, 1.165) is 25.0 Å². The molecule has 2 fully saturated rings. The monoisotopic (exact) mass is 240 g/mol. The molecule has 3 nitrogen and oxygen atoms in total. The van der Waals surface area contributed by atoms with Crippen LogP contribution in [0.15, 0.2) is 0 Å². The van der Waals surface area contributed by atoms with Gasteiger partial charge in [0.2, 0.25) is 0 Å². The second-order valence-corrected chi connectivity index (χ2v) is 5.78. The maximum absolute atomic E-state index is 5.10. The van der Waals surface area contributed by atoms with E-state index in [2.05, 4.69) is 4.90 Å². The van der Waals surface area contributed by atoms with Crippen LogP contribution in [-0.4, -0.2) is 30.6 Å². The Hall–Kier alpha value is -0.120. The first-order chi connectivity index (χ1) is 8.40. The minimum atomic E-state index is 0.730. The minimum Gasteiger partial charge on any atom is -0.305 e. The van der Waals surface area contributed by atoms with Gasteiger partial charge in [-0.1, -0.05) is 25.7 Å². The molecule has 1 aliphatic heterocycles. The van der Waals surface area contributed by atoms with Crippen LogP contribution in [0.3, 0.4) is 0 Å². The largest absolute Gasteiger partial charge is 0.305 e.